The standard InChI is InChI=1S/C23H19Cl2N3O3/c1-14-6-8-15(9-7-14)22(29)27-19-5-3-4-16(11-19)23(30)28-26-13-17-10-18(24)12-20(25)21(17)31-2/h3-13H,1-2H3,(H,27,29)(H,28,30)/b26-13-. The highest BCUT2D eigenvalue weighted by Crippen LogP contribution is 2.31. The minimum Gasteiger partial charge on any atom is -0.495 e. The number of nitrogens with one attached hydrogen (secondary N) is 2. The average Bonchev–Trinajstić information content (AvgIpc) is 2.74. The number of hydrogen-bond donors (Lipinski definition) is 2. The van der Waals surface area contributed by atoms with E-state index in [0.717, 1.165) is 5.56 Å². The van der Waals surface area contributed by atoms with Crippen molar-refractivity contribution in [2.75, 3.05) is 12.4 Å². The van der Waals surface area contributed by atoms with E-state index in [4.69, 9.17) is 27.9 Å². The first kappa shape index (κ1) is 22.3. The van der Waals surface area contributed by atoms with E-state index < -0.39 is 5.91 Å². The van der Waals surface area contributed by atoms with Gasteiger partial charge in [0.05, 0.1) is 18.3 Å². The van der Waals surface area contributed by atoms with E-state index in [2.05, 4.69) is 15.8 Å². The zero-order chi connectivity index (χ0) is 22.4. The predicted octanol–water partition coefficient (Wildman–Crippen LogP) is 5.33. The van der Waals surface area contributed by atoms with Crippen molar-refractivity contribution in [3.05, 3.63) is 93.0 Å². The van der Waals surface area contributed by atoms with E-state index >= 15 is 0 Å². The van der Waals surface area contributed by atoms with Gasteiger partial charge in [-0.1, -0.05) is 47.0 Å². The quantitative estimate of drug-likeness (QED) is 0.389. The molecule has 0 fully saturated rings. The lowest BCUT2D eigenvalue weighted by Gasteiger charge is -2.08. The second-order valence-corrected chi connectivity index (χ2v) is 7.45. The van der Waals surface area contributed by atoms with Gasteiger partial charge in [0.1, 0.15) is 5.75 Å². The minimum absolute atomic E-state index is 0.263. The summed E-state index contributed by atoms with van der Waals surface area (Å²) >= 11 is 12.1. The number of benzene rings is 3. The molecule has 0 aliphatic rings. The third-order valence-electron chi connectivity index (χ3n) is 4.31. The van der Waals surface area contributed by atoms with E-state index in [-0.39, 0.29) is 5.91 Å². The number of carbonyl (C=O) groups is 2. The molecule has 0 unspecified atom stereocenters. The molecule has 31 heavy (non-hydrogen) atoms. The van der Waals surface area contributed by atoms with Crippen LogP contribution in [-0.4, -0.2) is 25.1 Å². The maximum Gasteiger partial charge on any atom is 0.271 e. The molecule has 3 aromatic carbocycles. The normalized spacial score (nSPS) is 10.7. The summed E-state index contributed by atoms with van der Waals surface area (Å²) in [6, 6.07) is 16.9. The van der Waals surface area contributed by atoms with Crippen molar-refractivity contribution in [2.24, 2.45) is 5.10 Å². The number of anilines is 1. The molecule has 0 aliphatic heterocycles. The fourth-order valence-electron chi connectivity index (χ4n) is 2.76. The number of methoxy groups -OCH3 is 1. The molecule has 8 heteroatoms. The first-order valence-corrected chi connectivity index (χ1v) is 9.97. The molecule has 2 amide bonds. The summed E-state index contributed by atoms with van der Waals surface area (Å²) < 4.78 is 5.23. The van der Waals surface area contributed by atoms with Gasteiger partial charge in [-0.25, -0.2) is 5.43 Å². The van der Waals surface area contributed by atoms with E-state index in [9.17, 15) is 9.59 Å². The van der Waals surface area contributed by atoms with Crippen molar-refractivity contribution < 1.29 is 14.3 Å². The molecular formula is C23H19Cl2N3O3. The Hall–Kier alpha value is -3.35. The fraction of sp³-hybridized carbons (Fsp3) is 0.0870. The topological polar surface area (TPSA) is 79.8 Å². The van der Waals surface area contributed by atoms with Gasteiger partial charge in [-0.15, -0.1) is 0 Å². The average molecular weight is 456 g/mol. The van der Waals surface area contributed by atoms with E-state index in [1.807, 2.05) is 19.1 Å². The van der Waals surface area contributed by atoms with E-state index in [0.29, 0.717) is 38.2 Å². The van der Waals surface area contributed by atoms with Gasteiger partial charge in [0.25, 0.3) is 11.8 Å². The smallest absolute Gasteiger partial charge is 0.271 e. The Labute approximate surface area is 189 Å². The highest BCUT2D eigenvalue weighted by atomic mass is 35.5. The van der Waals surface area contributed by atoms with Gasteiger partial charge >= 0.3 is 0 Å². The molecule has 0 saturated carbocycles. The number of carbonyl (C=O) groups excluding carboxylic acids is 2. The summed E-state index contributed by atoms with van der Waals surface area (Å²) in [5.41, 5.74) is 5.36. The van der Waals surface area contributed by atoms with Gasteiger partial charge < -0.3 is 10.1 Å². The van der Waals surface area contributed by atoms with Crippen LogP contribution in [0.4, 0.5) is 5.69 Å². The molecular weight excluding hydrogens is 437 g/mol. The summed E-state index contributed by atoms with van der Waals surface area (Å²) in [7, 11) is 1.47. The van der Waals surface area contributed by atoms with Crippen molar-refractivity contribution in [1.29, 1.82) is 0 Å². The summed E-state index contributed by atoms with van der Waals surface area (Å²) in [5.74, 6) is -0.319. The van der Waals surface area contributed by atoms with Crippen LogP contribution in [-0.2, 0) is 0 Å². The fourth-order valence-corrected chi connectivity index (χ4v) is 3.35. The van der Waals surface area contributed by atoms with Crippen LogP contribution in [0.1, 0.15) is 31.8 Å². The second kappa shape index (κ2) is 10.1. The van der Waals surface area contributed by atoms with Crippen LogP contribution < -0.4 is 15.5 Å². The lowest BCUT2D eigenvalue weighted by atomic mass is 10.1. The van der Waals surface area contributed by atoms with Gasteiger partial charge in [-0.2, -0.15) is 5.10 Å². The summed E-state index contributed by atoms with van der Waals surface area (Å²) in [4.78, 5) is 24.8. The zero-order valence-electron chi connectivity index (χ0n) is 16.8. The molecule has 2 N–H and O–H groups in total. The maximum absolute atomic E-state index is 12.4. The van der Waals surface area contributed by atoms with Crippen LogP contribution in [0.5, 0.6) is 5.75 Å². The number of ether oxygens (including phenoxy) is 1. The number of aryl methyl sites for hydroxylation is 1. The number of halogens is 2. The lowest BCUT2D eigenvalue weighted by molar-refractivity contribution is 0.0953. The molecule has 6 nitrogen and oxygen atoms in total. The third-order valence-corrected chi connectivity index (χ3v) is 4.81. The Morgan fingerprint density at radius 2 is 1.71 bits per heavy atom. The Morgan fingerprint density at radius 3 is 2.42 bits per heavy atom. The number of amides is 2. The Kier molecular flexibility index (Phi) is 7.28. The van der Waals surface area contributed by atoms with Gasteiger partial charge in [0.15, 0.2) is 0 Å². The van der Waals surface area contributed by atoms with Crippen molar-refractivity contribution in [3.8, 4) is 5.75 Å². The molecule has 0 radical (unpaired) electrons. The minimum atomic E-state index is -0.449. The Bertz CT molecular complexity index is 1150. The Morgan fingerprint density at radius 1 is 0.968 bits per heavy atom. The third kappa shape index (κ3) is 5.84. The highest BCUT2D eigenvalue weighted by Gasteiger charge is 2.10. The zero-order valence-corrected chi connectivity index (χ0v) is 18.3. The van der Waals surface area contributed by atoms with Crippen LogP contribution in [0.25, 0.3) is 0 Å². The van der Waals surface area contributed by atoms with Crippen LogP contribution in [0.15, 0.2) is 65.8 Å². The van der Waals surface area contributed by atoms with Crippen molar-refractivity contribution in [2.45, 2.75) is 6.92 Å². The van der Waals surface area contributed by atoms with Gasteiger partial charge in [0.2, 0.25) is 0 Å². The van der Waals surface area contributed by atoms with E-state index in [1.54, 1.807) is 48.5 Å². The molecule has 3 aromatic rings. The van der Waals surface area contributed by atoms with Crippen LogP contribution in [0.2, 0.25) is 10.0 Å². The van der Waals surface area contributed by atoms with Crippen LogP contribution in [0, 0.1) is 6.92 Å². The monoisotopic (exact) mass is 455 g/mol. The molecule has 0 heterocycles. The number of hydrogen-bond acceptors (Lipinski definition) is 4. The van der Waals surface area contributed by atoms with Gasteiger partial charge in [0, 0.05) is 27.4 Å². The van der Waals surface area contributed by atoms with Gasteiger partial charge in [-0.05, 0) is 49.4 Å². The largest absolute Gasteiger partial charge is 0.495 e. The number of rotatable bonds is 6. The van der Waals surface area contributed by atoms with Crippen molar-refractivity contribution in [3.63, 3.8) is 0 Å². The SMILES string of the molecule is COc1c(Cl)cc(Cl)cc1/C=N\NC(=O)c1cccc(NC(=O)c2ccc(C)cc2)c1. The molecule has 0 bridgehead atoms. The summed E-state index contributed by atoms with van der Waals surface area (Å²) in [6.45, 7) is 1.95. The number of hydrazone groups is 1. The lowest BCUT2D eigenvalue weighted by Crippen LogP contribution is -2.18. The number of nitrogens with zero attached hydrogens (tertiary/aromatic N) is 1. The Balaban J connectivity index is 1.68. The summed E-state index contributed by atoms with van der Waals surface area (Å²) in [6.07, 6.45) is 1.39. The maximum atomic E-state index is 12.4. The summed E-state index contributed by atoms with van der Waals surface area (Å²) in [5, 5.41) is 7.47. The molecule has 0 atom stereocenters. The molecule has 158 valence electrons. The van der Waals surface area contributed by atoms with Gasteiger partial charge in [-0.3, -0.25) is 9.59 Å². The molecule has 0 aliphatic carbocycles. The van der Waals surface area contributed by atoms with Crippen LogP contribution in [0.3, 0.4) is 0 Å². The van der Waals surface area contributed by atoms with Crippen LogP contribution >= 0.6 is 23.2 Å². The highest BCUT2D eigenvalue weighted by molar-refractivity contribution is 6.36. The molecule has 0 saturated heterocycles. The second-order valence-electron chi connectivity index (χ2n) is 6.61. The first-order chi connectivity index (χ1) is 14.9. The molecule has 3 rings (SSSR count). The van der Waals surface area contributed by atoms with E-state index in [1.165, 1.54) is 13.3 Å². The van der Waals surface area contributed by atoms with Crippen molar-refractivity contribution in [1.82, 2.24) is 5.43 Å². The predicted molar refractivity (Wildman–Crippen MR) is 124 cm³/mol. The first-order valence-electron chi connectivity index (χ1n) is 9.22. The van der Waals surface area contributed by atoms with Crippen molar-refractivity contribution >= 4 is 46.9 Å². The molecule has 0 aromatic heterocycles. The molecule has 0 spiro atoms.